The van der Waals surface area contributed by atoms with Gasteiger partial charge in [0.1, 0.15) is 11.7 Å². The average Bonchev–Trinajstić information content (AvgIpc) is 2.51. The first kappa shape index (κ1) is 19.1. The highest BCUT2D eigenvalue weighted by Gasteiger charge is 2.16. The topological polar surface area (TPSA) is 84.6 Å². The van der Waals surface area contributed by atoms with Gasteiger partial charge in [-0.15, -0.1) is 0 Å². The smallest absolute Gasteiger partial charge is 0.407 e. The number of aliphatic hydroxyl groups is 1. The van der Waals surface area contributed by atoms with E-state index in [4.69, 9.17) is 22.1 Å². The van der Waals surface area contributed by atoms with E-state index in [1.54, 1.807) is 30.3 Å². The number of anilines is 1. The molecule has 2 rings (SSSR count). The van der Waals surface area contributed by atoms with Crippen molar-refractivity contribution in [3.8, 4) is 0 Å². The van der Waals surface area contributed by atoms with Crippen LogP contribution in [0.2, 0.25) is 5.02 Å². The van der Waals surface area contributed by atoms with Crippen LogP contribution in [-0.2, 0) is 11.3 Å². The van der Waals surface area contributed by atoms with E-state index in [9.17, 15) is 9.90 Å². The van der Waals surface area contributed by atoms with Gasteiger partial charge in [-0.3, -0.25) is 0 Å². The lowest BCUT2D eigenvalue weighted by Crippen LogP contribution is -2.32. The summed E-state index contributed by atoms with van der Waals surface area (Å²) in [5.74, 6) is 0. The van der Waals surface area contributed by atoms with Crippen molar-refractivity contribution in [3.63, 3.8) is 0 Å². The molecule has 0 fully saturated rings. The number of hydrogen-bond acceptors (Lipinski definition) is 4. The van der Waals surface area contributed by atoms with Crippen LogP contribution in [0, 0.1) is 0 Å². The van der Waals surface area contributed by atoms with E-state index in [0.29, 0.717) is 28.4 Å². The number of carbonyl (C=O) groups is 1. The van der Waals surface area contributed by atoms with Gasteiger partial charge in [-0.05, 0) is 44.0 Å². The molecule has 0 saturated heterocycles. The maximum Gasteiger partial charge on any atom is 0.407 e. The predicted octanol–water partition coefficient (Wildman–Crippen LogP) is 4.03. The van der Waals surface area contributed by atoms with Crippen LogP contribution in [0.4, 0.5) is 10.5 Å². The molecule has 2 aromatic rings. The van der Waals surface area contributed by atoms with Crippen molar-refractivity contribution >= 4 is 23.4 Å². The number of nitrogens with one attached hydrogen (secondary N) is 1. The zero-order valence-electron chi connectivity index (χ0n) is 14.5. The van der Waals surface area contributed by atoms with Crippen LogP contribution < -0.4 is 11.1 Å². The minimum absolute atomic E-state index is 0.342. The lowest BCUT2D eigenvalue weighted by molar-refractivity contribution is 0.0523. The zero-order valence-corrected chi connectivity index (χ0v) is 15.3. The Bertz CT molecular complexity index is 739. The number of hydrogen-bond donors (Lipinski definition) is 3. The molecular formula is C19H23ClN2O3. The van der Waals surface area contributed by atoms with Gasteiger partial charge in [-0.1, -0.05) is 41.9 Å². The maximum atomic E-state index is 11.7. The second-order valence-corrected chi connectivity index (χ2v) is 7.21. The second kappa shape index (κ2) is 7.76. The maximum absolute atomic E-state index is 11.7. The van der Waals surface area contributed by atoms with Gasteiger partial charge in [0.2, 0.25) is 0 Å². The molecule has 0 aromatic heterocycles. The van der Waals surface area contributed by atoms with E-state index in [2.05, 4.69) is 5.32 Å². The monoisotopic (exact) mass is 362 g/mol. The van der Waals surface area contributed by atoms with Gasteiger partial charge < -0.3 is 20.9 Å². The van der Waals surface area contributed by atoms with Crippen molar-refractivity contribution in [2.24, 2.45) is 0 Å². The normalized spacial score (nSPS) is 12.5. The van der Waals surface area contributed by atoms with Crippen molar-refractivity contribution in [2.75, 3.05) is 5.73 Å². The number of halogens is 1. The number of nitrogens with two attached hydrogens (primary N) is 1. The fraction of sp³-hybridized carbons (Fsp3) is 0.316. The van der Waals surface area contributed by atoms with Gasteiger partial charge in [0.15, 0.2) is 0 Å². The molecular weight excluding hydrogens is 340 g/mol. The zero-order chi connectivity index (χ0) is 18.6. The molecule has 0 spiro atoms. The van der Waals surface area contributed by atoms with Crippen molar-refractivity contribution in [1.29, 1.82) is 0 Å². The molecule has 0 heterocycles. The Balaban J connectivity index is 2.00. The predicted molar refractivity (Wildman–Crippen MR) is 99.4 cm³/mol. The Hall–Kier alpha value is -2.24. The average molecular weight is 363 g/mol. The summed E-state index contributed by atoms with van der Waals surface area (Å²) in [5.41, 5.74) is 8.02. The molecule has 4 N–H and O–H groups in total. The summed E-state index contributed by atoms with van der Waals surface area (Å²) in [6.07, 6.45) is -1.31. The van der Waals surface area contributed by atoms with E-state index >= 15 is 0 Å². The molecule has 1 unspecified atom stereocenters. The molecule has 0 bridgehead atoms. The van der Waals surface area contributed by atoms with Gasteiger partial charge in [0.25, 0.3) is 0 Å². The number of nitrogen functional groups attached to an aromatic ring is 1. The van der Waals surface area contributed by atoms with Crippen LogP contribution in [-0.4, -0.2) is 16.8 Å². The Labute approximate surface area is 152 Å². The molecule has 1 amide bonds. The van der Waals surface area contributed by atoms with E-state index in [1.807, 2.05) is 32.9 Å². The molecule has 0 radical (unpaired) electrons. The van der Waals surface area contributed by atoms with Crippen LogP contribution in [0.1, 0.15) is 43.6 Å². The highest BCUT2D eigenvalue weighted by Crippen LogP contribution is 2.28. The first-order chi connectivity index (χ1) is 11.7. The molecule has 6 heteroatoms. The first-order valence-corrected chi connectivity index (χ1v) is 8.32. The summed E-state index contributed by atoms with van der Waals surface area (Å²) in [5, 5.41) is 13.7. The van der Waals surface area contributed by atoms with Gasteiger partial charge in [-0.25, -0.2) is 4.79 Å². The molecule has 0 aliphatic carbocycles. The number of alkyl carbamates (subject to hydrolysis) is 1. The molecule has 0 aliphatic rings. The third-order valence-electron chi connectivity index (χ3n) is 3.47. The summed E-state index contributed by atoms with van der Waals surface area (Å²) < 4.78 is 5.19. The van der Waals surface area contributed by atoms with Crippen molar-refractivity contribution in [2.45, 2.75) is 39.0 Å². The van der Waals surface area contributed by atoms with Crippen LogP contribution in [0.3, 0.4) is 0 Å². The summed E-state index contributed by atoms with van der Waals surface area (Å²) in [4.78, 5) is 11.7. The largest absolute Gasteiger partial charge is 0.444 e. The van der Waals surface area contributed by atoms with Crippen molar-refractivity contribution in [1.82, 2.24) is 5.32 Å². The summed E-state index contributed by atoms with van der Waals surface area (Å²) in [6.45, 7) is 5.77. The molecule has 5 nitrogen and oxygen atoms in total. The molecule has 25 heavy (non-hydrogen) atoms. The number of ether oxygens (including phenoxy) is 1. The number of aliphatic hydroxyl groups excluding tert-OH is 1. The quantitative estimate of drug-likeness (QED) is 0.717. The lowest BCUT2D eigenvalue weighted by atomic mass is 9.99. The van der Waals surface area contributed by atoms with Gasteiger partial charge in [-0.2, -0.15) is 0 Å². The summed E-state index contributed by atoms with van der Waals surface area (Å²) >= 11 is 5.88. The Morgan fingerprint density at radius 3 is 2.44 bits per heavy atom. The van der Waals surface area contributed by atoms with E-state index in [1.165, 1.54) is 0 Å². The fourth-order valence-corrected chi connectivity index (χ4v) is 2.46. The Morgan fingerprint density at radius 2 is 1.88 bits per heavy atom. The van der Waals surface area contributed by atoms with Crippen LogP contribution in [0.25, 0.3) is 0 Å². The first-order valence-electron chi connectivity index (χ1n) is 7.94. The molecule has 1 atom stereocenters. The Kier molecular flexibility index (Phi) is 5.93. The summed E-state index contributed by atoms with van der Waals surface area (Å²) in [6, 6.07) is 12.3. The van der Waals surface area contributed by atoms with Crippen LogP contribution in [0.5, 0.6) is 0 Å². The second-order valence-electron chi connectivity index (χ2n) is 6.77. The molecule has 0 aliphatic heterocycles. The number of carbonyl (C=O) groups excluding carboxylic acids is 1. The molecule has 134 valence electrons. The fourth-order valence-electron chi connectivity index (χ4n) is 2.28. The molecule has 2 aromatic carbocycles. The van der Waals surface area contributed by atoms with Crippen molar-refractivity contribution < 1.29 is 14.6 Å². The van der Waals surface area contributed by atoms with E-state index in [0.717, 1.165) is 5.56 Å². The SMILES string of the molecule is CC(C)(C)OC(=O)NCc1ccc(C(O)c2ccc(Cl)cc2N)cc1. The number of benzene rings is 2. The van der Waals surface area contributed by atoms with Crippen molar-refractivity contribution in [3.05, 3.63) is 64.2 Å². The van der Waals surface area contributed by atoms with E-state index in [-0.39, 0.29) is 0 Å². The third-order valence-corrected chi connectivity index (χ3v) is 3.71. The highest BCUT2D eigenvalue weighted by molar-refractivity contribution is 6.30. The van der Waals surface area contributed by atoms with Gasteiger partial charge in [0.05, 0.1) is 0 Å². The minimum atomic E-state index is -0.842. The highest BCUT2D eigenvalue weighted by atomic mass is 35.5. The number of rotatable bonds is 4. The van der Waals surface area contributed by atoms with E-state index < -0.39 is 17.8 Å². The van der Waals surface area contributed by atoms with Gasteiger partial charge >= 0.3 is 6.09 Å². The van der Waals surface area contributed by atoms with Crippen LogP contribution >= 0.6 is 11.6 Å². The third kappa shape index (κ3) is 5.66. The lowest BCUT2D eigenvalue weighted by Gasteiger charge is -2.19. The standard InChI is InChI=1S/C19H23ClN2O3/c1-19(2,3)25-18(24)22-11-12-4-6-13(7-5-12)17(23)15-9-8-14(20)10-16(15)21/h4-10,17,23H,11,21H2,1-3H3,(H,22,24). The number of amides is 1. The minimum Gasteiger partial charge on any atom is -0.444 e. The molecule has 0 saturated carbocycles. The summed E-state index contributed by atoms with van der Waals surface area (Å²) in [7, 11) is 0. The Morgan fingerprint density at radius 1 is 1.24 bits per heavy atom. The van der Waals surface area contributed by atoms with Gasteiger partial charge in [0, 0.05) is 22.8 Å². The van der Waals surface area contributed by atoms with Crippen LogP contribution in [0.15, 0.2) is 42.5 Å².